The highest BCUT2D eigenvalue weighted by Gasteiger charge is 2.20. The van der Waals surface area contributed by atoms with E-state index in [1.807, 2.05) is 43.3 Å². The Morgan fingerprint density at radius 3 is 2.31 bits per heavy atom. The fourth-order valence-electron chi connectivity index (χ4n) is 3.30. The summed E-state index contributed by atoms with van der Waals surface area (Å²) < 4.78 is 33.5. The minimum absolute atomic E-state index is 0.322. The Morgan fingerprint density at radius 2 is 1.69 bits per heavy atom. The molecule has 3 rings (SSSR count). The first-order valence-corrected chi connectivity index (χ1v) is 10.4. The first-order chi connectivity index (χ1) is 12.4. The number of rotatable bonds is 5. The Bertz CT molecular complexity index is 855. The number of methoxy groups -OCH3 is 1. The van der Waals surface area contributed by atoms with Crippen LogP contribution in [0.25, 0.3) is 0 Å². The van der Waals surface area contributed by atoms with E-state index in [1.165, 1.54) is 0 Å². The lowest BCUT2D eigenvalue weighted by molar-refractivity contribution is 0.0819. The fourth-order valence-corrected chi connectivity index (χ4v) is 4.69. The highest BCUT2D eigenvalue weighted by atomic mass is 32.2. The number of benzene rings is 2. The summed E-state index contributed by atoms with van der Waals surface area (Å²) in [5.41, 5.74) is 3.34. The summed E-state index contributed by atoms with van der Waals surface area (Å²) in [6.45, 7) is 5.60. The van der Waals surface area contributed by atoms with E-state index in [1.54, 1.807) is 20.1 Å². The largest absolute Gasteiger partial charge is 0.381 e. The van der Waals surface area contributed by atoms with Crippen LogP contribution in [0.5, 0.6) is 0 Å². The van der Waals surface area contributed by atoms with Gasteiger partial charge in [-0.05, 0) is 68.1 Å². The molecule has 0 radical (unpaired) electrons. The predicted octanol–water partition coefficient (Wildman–Crippen LogP) is 3.72. The van der Waals surface area contributed by atoms with E-state index >= 15 is 0 Å². The molecule has 0 spiro atoms. The van der Waals surface area contributed by atoms with Crippen molar-refractivity contribution in [1.29, 1.82) is 0 Å². The maximum atomic E-state index is 12.7. The van der Waals surface area contributed by atoms with E-state index < -0.39 is 10.0 Å². The molecule has 0 amide bonds. The molecule has 1 fully saturated rings. The molecule has 1 heterocycles. The van der Waals surface area contributed by atoms with Crippen molar-refractivity contribution in [3.63, 3.8) is 0 Å². The van der Waals surface area contributed by atoms with Crippen molar-refractivity contribution in [3.05, 3.63) is 53.6 Å². The van der Waals surface area contributed by atoms with Crippen molar-refractivity contribution in [2.24, 2.45) is 0 Å². The molecule has 0 aromatic heterocycles. The van der Waals surface area contributed by atoms with Crippen LogP contribution in [0.4, 0.5) is 11.4 Å². The van der Waals surface area contributed by atoms with E-state index in [0.29, 0.717) is 16.7 Å². The summed E-state index contributed by atoms with van der Waals surface area (Å²) >= 11 is 0. The van der Waals surface area contributed by atoms with Gasteiger partial charge in [0, 0.05) is 31.6 Å². The first kappa shape index (κ1) is 18.7. The third-order valence-electron chi connectivity index (χ3n) is 4.89. The van der Waals surface area contributed by atoms with Gasteiger partial charge in [0.2, 0.25) is 0 Å². The molecule has 26 heavy (non-hydrogen) atoms. The second-order valence-electron chi connectivity index (χ2n) is 6.84. The van der Waals surface area contributed by atoms with Crippen LogP contribution in [-0.4, -0.2) is 34.7 Å². The normalized spacial score (nSPS) is 15.9. The Balaban J connectivity index is 1.72. The number of nitrogens with one attached hydrogen (secondary N) is 1. The third-order valence-corrected chi connectivity index (χ3v) is 6.42. The smallest absolute Gasteiger partial charge is 0.262 e. The van der Waals surface area contributed by atoms with Crippen LogP contribution in [0.15, 0.2) is 47.4 Å². The van der Waals surface area contributed by atoms with E-state index in [-0.39, 0.29) is 0 Å². The first-order valence-electron chi connectivity index (χ1n) is 8.87. The lowest BCUT2D eigenvalue weighted by atomic mass is 10.1. The number of nitrogens with zero attached hydrogens (tertiary/aromatic N) is 1. The Labute approximate surface area is 156 Å². The van der Waals surface area contributed by atoms with Crippen LogP contribution in [0.3, 0.4) is 0 Å². The molecule has 2 aromatic rings. The number of hydrogen-bond acceptors (Lipinski definition) is 4. The predicted molar refractivity (Wildman–Crippen MR) is 105 cm³/mol. The van der Waals surface area contributed by atoms with Crippen LogP contribution in [-0.2, 0) is 14.8 Å². The van der Waals surface area contributed by atoms with Crippen LogP contribution in [0.2, 0.25) is 0 Å². The van der Waals surface area contributed by atoms with Crippen molar-refractivity contribution in [2.45, 2.75) is 37.7 Å². The molecule has 1 aliphatic heterocycles. The average Bonchev–Trinajstić information content (AvgIpc) is 2.64. The Hall–Kier alpha value is -2.05. The van der Waals surface area contributed by atoms with Gasteiger partial charge in [-0.2, -0.15) is 0 Å². The van der Waals surface area contributed by atoms with Crippen molar-refractivity contribution < 1.29 is 13.2 Å². The molecule has 0 bridgehead atoms. The SMILES string of the molecule is COC1CCN(c2ccc(NS(=O)(=O)c3cc(C)ccc3C)cc2)CC1. The lowest BCUT2D eigenvalue weighted by Gasteiger charge is -2.33. The Morgan fingerprint density at radius 1 is 1.04 bits per heavy atom. The standard InChI is InChI=1S/C20H26N2O3S/c1-15-4-5-16(2)20(14-15)26(23,24)21-17-6-8-18(9-7-17)22-12-10-19(25-3)11-13-22/h4-9,14,19,21H,10-13H2,1-3H3. The number of anilines is 2. The molecule has 0 unspecified atom stereocenters. The van der Waals surface area contributed by atoms with Gasteiger partial charge in [-0.15, -0.1) is 0 Å². The maximum Gasteiger partial charge on any atom is 0.262 e. The molecular formula is C20H26N2O3S. The number of aryl methyl sites for hydroxylation is 2. The summed E-state index contributed by atoms with van der Waals surface area (Å²) in [4.78, 5) is 2.63. The zero-order valence-electron chi connectivity index (χ0n) is 15.5. The van der Waals surface area contributed by atoms with Gasteiger partial charge >= 0.3 is 0 Å². The quantitative estimate of drug-likeness (QED) is 0.867. The molecule has 1 aliphatic rings. The molecule has 0 aliphatic carbocycles. The van der Waals surface area contributed by atoms with E-state index in [2.05, 4.69) is 9.62 Å². The zero-order valence-corrected chi connectivity index (χ0v) is 16.3. The summed E-state index contributed by atoms with van der Waals surface area (Å²) in [5, 5.41) is 0. The minimum Gasteiger partial charge on any atom is -0.381 e. The van der Waals surface area contributed by atoms with Crippen LogP contribution >= 0.6 is 0 Å². The van der Waals surface area contributed by atoms with Gasteiger partial charge in [0.15, 0.2) is 0 Å². The molecule has 0 saturated carbocycles. The second kappa shape index (κ2) is 7.68. The molecule has 6 heteroatoms. The highest BCUT2D eigenvalue weighted by Crippen LogP contribution is 2.25. The highest BCUT2D eigenvalue weighted by molar-refractivity contribution is 7.92. The molecular weight excluding hydrogens is 348 g/mol. The summed E-state index contributed by atoms with van der Waals surface area (Å²) in [6.07, 6.45) is 2.37. The second-order valence-corrected chi connectivity index (χ2v) is 8.49. The monoisotopic (exact) mass is 374 g/mol. The molecule has 1 N–H and O–H groups in total. The van der Waals surface area contributed by atoms with Gasteiger partial charge in [-0.25, -0.2) is 8.42 Å². The van der Waals surface area contributed by atoms with Gasteiger partial charge in [-0.3, -0.25) is 4.72 Å². The lowest BCUT2D eigenvalue weighted by Crippen LogP contribution is -2.36. The minimum atomic E-state index is -3.60. The van der Waals surface area contributed by atoms with Gasteiger partial charge in [-0.1, -0.05) is 12.1 Å². The van der Waals surface area contributed by atoms with Gasteiger partial charge in [0.25, 0.3) is 10.0 Å². The number of piperidine rings is 1. The number of hydrogen-bond donors (Lipinski definition) is 1. The van der Waals surface area contributed by atoms with E-state index in [4.69, 9.17) is 4.74 Å². The van der Waals surface area contributed by atoms with Crippen LogP contribution in [0.1, 0.15) is 24.0 Å². The van der Waals surface area contributed by atoms with Crippen LogP contribution in [0, 0.1) is 13.8 Å². The number of ether oxygens (including phenoxy) is 1. The fraction of sp³-hybridized carbons (Fsp3) is 0.400. The summed E-state index contributed by atoms with van der Waals surface area (Å²) in [6, 6.07) is 13.0. The van der Waals surface area contributed by atoms with Gasteiger partial charge < -0.3 is 9.64 Å². The van der Waals surface area contributed by atoms with Crippen molar-refractivity contribution in [2.75, 3.05) is 29.8 Å². The van der Waals surface area contributed by atoms with Gasteiger partial charge in [0.1, 0.15) is 0 Å². The van der Waals surface area contributed by atoms with E-state index in [0.717, 1.165) is 42.7 Å². The molecule has 1 saturated heterocycles. The summed E-state index contributed by atoms with van der Waals surface area (Å²) in [7, 11) is -1.83. The summed E-state index contributed by atoms with van der Waals surface area (Å²) in [5.74, 6) is 0. The Kier molecular flexibility index (Phi) is 5.53. The molecule has 2 aromatic carbocycles. The van der Waals surface area contributed by atoms with Crippen LogP contribution < -0.4 is 9.62 Å². The van der Waals surface area contributed by atoms with Crippen molar-refractivity contribution in [3.8, 4) is 0 Å². The maximum absolute atomic E-state index is 12.7. The van der Waals surface area contributed by atoms with E-state index in [9.17, 15) is 8.42 Å². The number of sulfonamides is 1. The topological polar surface area (TPSA) is 58.6 Å². The molecule has 5 nitrogen and oxygen atoms in total. The van der Waals surface area contributed by atoms with Crippen molar-refractivity contribution >= 4 is 21.4 Å². The van der Waals surface area contributed by atoms with Gasteiger partial charge in [0.05, 0.1) is 11.0 Å². The molecule has 140 valence electrons. The van der Waals surface area contributed by atoms with Crippen molar-refractivity contribution in [1.82, 2.24) is 0 Å². The zero-order chi connectivity index (χ0) is 18.7. The average molecular weight is 375 g/mol. The molecule has 0 atom stereocenters. The third kappa shape index (κ3) is 4.19.